The zero-order chi connectivity index (χ0) is 23.3. The number of cyclic esters (lactones) is 1. The van der Waals surface area contributed by atoms with E-state index in [-0.39, 0.29) is 32.0 Å². The molecule has 0 aromatic heterocycles. The number of nitrogens with zero attached hydrogens (tertiary/aromatic N) is 1. The minimum atomic E-state index is -2.88. The van der Waals surface area contributed by atoms with Crippen LogP contribution in [-0.4, -0.2) is 42.6 Å². The van der Waals surface area contributed by atoms with Gasteiger partial charge in [-0.25, -0.2) is 9.18 Å². The molecular formula is C22H23BrF3N3O3. The van der Waals surface area contributed by atoms with Crippen LogP contribution in [0.2, 0.25) is 0 Å². The van der Waals surface area contributed by atoms with Crippen molar-refractivity contribution in [3.05, 3.63) is 53.8 Å². The van der Waals surface area contributed by atoms with Gasteiger partial charge in [-0.1, -0.05) is 24.3 Å². The smallest absolute Gasteiger partial charge is 0.414 e. The van der Waals surface area contributed by atoms with Gasteiger partial charge in [-0.15, -0.1) is 0 Å². The maximum Gasteiger partial charge on any atom is 0.414 e. The molecule has 0 aliphatic carbocycles. The largest absolute Gasteiger partial charge is 0.442 e. The van der Waals surface area contributed by atoms with Crippen molar-refractivity contribution in [2.24, 2.45) is 0 Å². The number of hydrogen-bond acceptors (Lipinski definition) is 4. The normalized spacial score (nSPS) is 16.2. The van der Waals surface area contributed by atoms with E-state index < -0.39 is 22.8 Å². The predicted octanol–water partition coefficient (Wildman–Crippen LogP) is 4.42. The molecule has 2 aromatic carbocycles. The molecule has 0 spiro atoms. The molecule has 0 saturated carbocycles. The maximum atomic E-state index is 14.8. The monoisotopic (exact) mass is 513 g/mol. The Hall–Kier alpha value is -2.59. The number of carbonyl (C=O) groups excluding carboxylic acids is 2. The fraction of sp³-hybridized carbons (Fsp3) is 0.364. The number of halogens is 4. The van der Waals surface area contributed by atoms with Crippen LogP contribution in [0.25, 0.3) is 11.1 Å². The highest BCUT2D eigenvalue weighted by molar-refractivity contribution is 9.10. The van der Waals surface area contributed by atoms with Crippen molar-refractivity contribution >= 4 is 33.6 Å². The van der Waals surface area contributed by atoms with Crippen molar-refractivity contribution < 1.29 is 27.5 Å². The first kappa shape index (κ1) is 24.1. The molecule has 0 bridgehead atoms. The lowest BCUT2D eigenvalue weighted by molar-refractivity contribution is -0.119. The molecule has 0 radical (unpaired) electrons. The van der Waals surface area contributed by atoms with Gasteiger partial charge in [-0.3, -0.25) is 9.69 Å². The van der Waals surface area contributed by atoms with Gasteiger partial charge in [0.05, 0.1) is 18.8 Å². The van der Waals surface area contributed by atoms with Gasteiger partial charge in [0.15, 0.2) is 0 Å². The molecule has 2 amide bonds. The first-order valence-corrected chi connectivity index (χ1v) is 10.8. The lowest BCUT2D eigenvalue weighted by atomic mass is 10.0. The Bertz CT molecular complexity index is 967. The molecule has 172 valence electrons. The van der Waals surface area contributed by atoms with Crippen LogP contribution in [0.3, 0.4) is 0 Å². The summed E-state index contributed by atoms with van der Waals surface area (Å²) in [6.45, 7) is 2.35. The average molecular weight is 514 g/mol. The van der Waals surface area contributed by atoms with Crippen molar-refractivity contribution in [3.63, 3.8) is 0 Å². The topological polar surface area (TPSA) is 70.7 Å². The number of anilines is 1. The molecule has 1 aliphatic heterocycles. The minimum absolute atomic E-state index is 0.153. The number of alkyl halides is 3. The highest BCUT2D eigenvalue weighted by atomic mass is 79.9. The van der Waals surface area contributed by atoms with E-state index in [0.29, 0.717) is 23.4 Å². The summed E-state index contributed by atoms with van der Waals surface area (Å²) in [5.74, 6) is -0.719. The van der Waals surface area contributed by atoms with Crippen LogP contribution >= 0.6 is 15.9 Å². The second kappa shape index (κ2) is 10.4. The van der Waals surface area contributed by atoms with Crippen molar-refractivity contribution in [1.82, 2.24) is 10.6 Å². The minimum Gasteiger partial charge on any atom is -0.442 e. The van der Waals surface area contributed by atoms with E-state index in [4.69, 9.17) is 4.74 Å². The van der Waals surface area contributed by atoms with Gasteiger partial charge in [-0.2, -0.15) is 8.78 Å². The predicted molar refractivity (Wildman–Crippen MR) is 118 cm³/mol. The molecule has 10 heteroatoms. The highest BCUT2D eigenvalue weighted by Gasteiger charge is 2.32. The Labute approximate surface area is 192 Å². The Morgan fingerprint density at radius 3 is 2.59 bits per heavy atom. The first-order chi connectivity index (χ1) is 15.1. The molecule has 1 aliphatic rings. The quantitative estimate of drug-likeness (QED) is 0.384. The number of ether oxygens (including phenoxy) is 1. The first-order valence-electron chi connectivity index (χ1n) is 10.0. The molecule has 0 unspecified atom stereocenters. The third kappa shape index (κ3) is 6.70. The van der Waals surface area contributed by atoms with E-state index in [2.05, 4.69) is 26.6 Å². The molecule has 1 heterocycles. The van der Waals surface area contributed by atoms with E-state index in [1.807, 2.05) is 0 Å². The van der Waals surface area contributed by atoms with E-state index in [1.165, 1.54) is 17.9 Å². The van der Waals surface area contributed by atoms with Crippen molar-refractivity contribution in [2.45, 2.75) is 30.8 Å². The number of rotatable bonds is 9. The summed E-state index contributed by atoms with van der Waals surface area (Å²) in [5, 5.41) is 5.53. The van der Waals surface area contributed by atoms with Crippen LogP contribution in [-0.2, 0) is 16.1 Å². The van der Waals surface area contributed by atoms with E-state index >= 15 is 0 Å². The molecule has 2 N–H and O–H groups in total. The fourth-order valence-corrected chi connectivity index (χ4v) is 3.47. The van der Waals surface area contributed by atoms with E-state index in [0.717, 1.165) is 5.56 Å². The number of hydrogen-bond donors (Lipinski definition) is 2. The van der Waals surface area contributed by atoms with Crippen molar-refractivity contribution in [2.75, 3.05) is 24.5 Å². The summed E-state index contributed by atoms with van der Waals surface area (Å²) in [5.41, 5.74) is 2.27. The molecule has 32 heavy (non-hydrogen) atoms. The standard InChI is InChI=1S/C22H23BrF3N3O3/c1-14(30)28-12-18-13-29(21(31)32-18)17-6-7-19(20(24)10-17)16-4-2-15(3-5-16)11-27-9-8-22(23,25)26/h2-7,10,18,27H,8-9,11-13H2,1H3,(H,28,30)/t18-/m0/s1. The van der Waals surface area contributed by atoms with Crippen LogP contribution in [0.1, 0.15) is 18.9 Å². The van der Waals surface area contributed by atoms with Crippen LogP contribution in [0.4, 0.5) is 23.7 Å². The number of nitrogens with one attached hydrogen (secondary N) is 2. The Balaban J connectivity index is 1.61. The second-order valence-electron chi connectivity index (χ2n) is 7.46. The van der Waals surface area contributed by atoms with Crippen LogP contribution in [0, 0.1) is 5.82 Å². The zero-order valence-corrected chi connectivity index (χ0v) is 18.9. The summed E-state index contributed by atoms with van der Waals surface area (Å²) < 4.78 is 45.5. The summed E-state index contributed by atoms with van der Waals surface area (Å²) >= 11 is 2.30. The SMILES string of the molecule is CC(=O)NC[C@H]1CN(c2ccc(-c3ccc(CNCCC(F)(F)Br)cc3)c(F)c2)C(=O)O1. The number of amides is 2. The van der Waals surface area contributed by atoms with Gasteiger partial charge < -0.3 is 15.4 Å². The van der Waals surface area contributed by atoms with Crippen molar-refractivity contribution in [3.8, 4) is 11.1 Å². The second-order valence-corrected chi connectivity index (χ2v) is 8.62. The molecule has 1 atom stereocenters. The van der Waals surface area contributed by atoms with Crippen molar-refractivity contribution in [1.29, 1.82) is 0 Å². The number of carbonyl (C=O) groups is 2. The summed E-state index contributed by atoms with van der Waals surface area (Å²) in [6, 6.07) is 11.6. The van der Waals surface area contributed by atoms with Crippen LogP contribution < -0.4 is 15.5 Å². The van der Waals surface area contributed by atoms with Gasteiger partial charge in [-0.05, 0) is 45.3 Å². The molecule has 1 saturated heterocycles. The Morgan fingerprint density at radius 1 is 1.25 bits per heavy atom. The van der Waals surface area contributed by atoms with Gasteiger partial charge >= 0.3 is 10.9 Å². The van der Waals surface area contributed by atoms with Gasteiger partial charge in [0.2, 0.25) is 5.91 Å². The van der Waals surface area contributed by atoms with Crippen LogP contribution in [0.15, 0.2) is 42.5 Å². The summed E-state index contributed by atoms with van der Waals surface area (Å²) in [6.07, 6.45) is -1.42. The number of benzene rings is 2. The fourth-order valence-electron chi connectivity index (χ4n) is 3.27. The Morgan fingerprint density at radius 2 is 1.97 bits per heavy atom. The highest BCUT2D eigenvalue weighted by Crippen LogP contribution is 2.29. The summed E-state index contributed by atoms with van der Waals surface area (Å²) in [7, 11) is 0. The average Bonchev–Trinajstić information content (AvgIpc) is 3.10. The molecule has 3 rings (SSSR count). The maximum absolute atomic E-state index is 14.8. The lowest BCUT2D eigenvalue weighted by Gasteiger charge is -2.15. The van der Waals surface area contributed by atoms with Gasteiger partial charge in [0.1, 0.15) is 11.9 Å². The van der Waals surface area contributed by atoms with Gasteiger partial charge in [0.25, 0.3) is 0 Å². The molecular weight excluding hydrogens is 491 g/mol. The third-order valence-corrected chi connectivity index (χ3v) is 5.29. The van der Waals surface area contributed by atoms with Gasteiger partial charge in [0, 0.05) is 32.0 Å². The van der Waals surface area contributed by atoms with E-state index in [1.54, 1.807) is 36.4 Å². The molecule has 6 nitrogen and oxygen atoms in total. The van der Waals surface area contributed by atoms with E-state index in [9.17, 15) is 22.8 Å². The lowest BCUT2D eigenvalue weighted by Crippen LogP contribution is -2.33. The molecule has 1 fully saturated rings. The zero-order valence-electron chi connectivity index (χ0n) is 17.3. The Kier molecular flexibility index (Phi) is 7.78. The summed E-state index contributed by atoms with van der Waals surface area (Å²) in [4.78, 5) is 21.6. The van der Waals surface area contributed by atoms with Crippen LogP contribution in [0.5, 0.6) is 0 Å². The molecule has 2 aromatic rings. The third-order valence-electron chi connectivity index (χ3n) is 4.90.